The number of para-hydroxylation sites is 2. The summed E-state index contributed by atoms with van der Waals surface area (Å²) in [5.74, 6) is -0.194. The fraction of sp³-hybridized carbons (Fsp3) is 0.160. The van der Waals surface area contributed by atoms with Crippen molar-refractivity contribution in [2.75, 3.05) is 11.9 Å². The van der Waals surface area contributed by atoms with E-state index in [9.17, 15) is 20.0 Å². The number of anilines is 1. The van der Waals surface area contributed by atoms with E-state index in [4.69, 9.17) is 10.5 Å². The van der Waals surface area contributed by atoms with Crippen LogP contribution in [0.2, 0.25) is 0 Å². The minimum absolute atomic E-state index is 0.0645. The second kappa shape index (κ2) is 10.1. The van der Waals surface area contributed by atoms with Gasteiger partial charge in [-0.2, -0.15) is 0 Å². The van der Waals surface area contributed by atoms with Crippen molar-refractivity contribution in [2.24, 2.45) is 5.73 Å². The molecule has 0 aliphatic heterocycles. The van der Waals surface area contributed by atoms with Gasteiger partial charge in [0.05, 0.1) is 16.0 Å². The molecular formula is C25H23N5O5. The molecule has 0 bridgehead atoms. The molecule has 3 aromatic carbocycles. The van der Waals surface area contributed by atoms with Crippen LogP contribution in [-0.2, 0) is 0 Å². The third-order valence-corrected chi connectivity index (χ3v) is 5.40. The molecule has 1 aromatic heterocycles. The van der Waals surface area contributed by atoms with Gasteiger partial charge in [-0.1, -0.05) is 31.2 Å². The third-order valence-electron chi connectivity index (χ3n) is 5.40. The zero-order valence-corrected chi connectivity index (χ0v) is 18.8. The van der Waals surface area contributed by atoms with Crippen LogP contribution >= 0.6 is 0 Å². The minimum atomic E-state index is -0.899. The van der Waals surface area contributed by atoms with Gasteiger partial charge >= 0.3 is 5.97 Å². The molecule has 0 spiro atoms. The van der Waals surface area contributed by atoms with Gasteiger partial charge in [-0.25, -0.2) is 14.8 Å². The molecule has 178 valence electrons. The number of hydrogen-bond acceptors (Lipinski definition) is 9. The molecule has 0 saturated carbocycles. The third kappa shape index (κ3) is 5.17. The predicted octanol–water partition coefficient (Wildman–Crippen LogP) is 4.28. The number of nitro benzene ring substituents is 1. The summed E-state index contributed by atoms with van der Waals surface area (Å²) < 4.78 is 5.38. The van der Waals surface area contributed by atoms with Crippen molar-refractivity contribution in [3.05, 3.63) is 82.4 Å². The highest BCUT2D eigenvalue weighted by Crippen LogP contribution is 2.33. The normalized spacial score (nSPS) is 11.7. The summed E-state index contributed by atoms with van der Waals surface area (Å²) in [6.07, 6.45) is 0.788. The predicted molar refractivity (Wildman–Crippen MR) is 131 cm³/mol. The van der Waals surface area contributed by atoms with Crippen LogP contribution in [-0.4, -0.2) is 38.6 Å². The van der Waals surface area contributed by atoms with Gasteiger partial charge in [-0.3, -0.25) is 10.1 Å². The van der Waals surface area contributed by atoms with Crippen molar-refractivity contribution in [3.8, 4) is 22.9 Å². The molecule has 4 aromatic rings. The molecule has 0 aliphatic rings. The van der Waals surface area contributed by atoms with Gasteiger partial charge in [0.1, 0.15) is 22.9 Å². The van der Waals surface area contributed by atoms with Gasteiger partial charge in [0.25, 0.3) is 5.69 Å². The number of benzene rings is 3. The topological polar surface area (TPSA) is 154 Å². The Morgan fingerprint density at radius 1 is 1.14 bits per heavy atom. The van der Waals surface area contributed by atoms with Crippen LogP contribution < -0.4 is 15.8 Å². The van der Waals surface area contributed by atoms with Crippen LogP contribution in [0.15, 0.2) is 66.7 Å². The molecule has 0 amide bonds. The fourth-order valence-corrected chi connectivity index (χ4v) is 3.43. The number of nitrogens with one attached hydrogen (secondary N) is 1. The Morgan fingerprint density at radius 3 is 2.66 bits per heavy atom. The van der Waals surface area contributed by atoms with Gasteiger partial charge in [0.2, 0.25) is 0 Å². The molecule has 0 aliphatic carbocycles. The summed E-state index contributed by atoms with van der Waals surface area (Å²) in [6.45, 7) is 2.49. The van der Waals surface area contributed by atoms with Crippen molar-refractivity contribution >= 4 is 28.4 Å². The Balaban J connectivity index is 1.70. The van der Waals surface area contributed by atoms with Crippen LogP contribution in [0.1, 0.15) is 23.7 Å². The first-order valence-electron chi connectivity index (χ1n) is 10.9. The van der Waals surface area contributed by atoms with Gasteiger partial charge in [0, 0.05) is 24.0 Å². The smallest absolute Gasteiger partial charge is 0.350 e. The summed E-state index contributed by atoms with van der Waals surface area (Å²) in [7, 11) is 0. The van der Waals surface area contributed by atoms with Gasteiger partial charge in [-0.05, 0) is 42.8 Å². The average molecular weight is 473 g/mol. The number of rotatable bonds is 8. The number of aromatic nitrogens is 2. The maximum atomic E-state index is 12.6. The summed E-state index contributed by atoms with van der Waals surface area (Å²) in [6, 6.07) is 17.0. The molecule has 35 heavy (non-hydrogen) atoms. The number of fused-ring (bicyclic) bond motifs is 1. The molecule has 10 nitrogen and oxygen atoms in total. The number of phenolic OH excluding ortho intramolecular Hbond substituents is 1. The number of carbonyl (C=O) groups excluding carboxylic acids is 1. The van der Waals surface area contributed by atoms with Crippen LogP contribution in [0.5, 0.6) is 11.5 Å². The lowest BCUT2D eigenvalue weighted by Gasteiger charge is -2.14. The lowest BCUT2D eigenvalue weighted by Crippen LogP contribution is -2.28. The molecule has 0 unspecified atom stereocenters. The molecular weight excluding hydrogens is 450 g/mol. The number of phenols is 1. The van der Waals surface area contributed by atoms with Gasteiger partial charge < -0.3 is 20.9 Å². The van der Waals surface area contributed by atoms with E-state index in [0.29, 0.717) is 17.9 Å². The zero-order valence-electron chi connectivity index (χ0n) is 18.8. The quantitative estimate of drug-likeness (QED) is 0.147. The molecule has 0 saturated heterocycles. The summed E-state index contributed by atoms with van der Waals surface area (Å²) in [5.41, 5.74) is 6.37. The first-order chi connectivity index (χ1) is 16.9. The highest BCUT2D eigenvalue weighted by Gasteiger charge is 2.22. The SMILES string of the molecule is CC[C@@H](N)CNc1nc(-c2cc(OC(=O)c3ccccc3[N+](=O)[O-])ccc2O)nc2ccccc12. The molecule has 4 rings (SSSR count). The number of aromatic hydroxyl groups is 1. The van der Waals surface area contributed by atoms with E-state index in [2.05, 4.69) is 15.3 Å². The number of carbonyl (C=O) groups is 1. The number of ether oxygens (including phenoxy) is 1. The monoisotopic (exact) mass is 473 g/mol. The first kappa shape index (κ1) is 23.6. The van der Waals surface area contributed by atoms with E-state index in [0.717, 1.165) is 11.8 Å². The Hall–Kier alpha value is -4.57. The molecule has 1 atom stereocenters. The maximum Gasteiger partial charge on any atom is 0.350 e. The molecule has 10 heteroatoms. The van der Waals surface area contributed by atoms with Crippen molar-refractivity contribution in [2.45, 2.75) is 19.4 Å². The van der Waals surface area contributed by atoms with Crippen LogP contribution in [0, 0.1) is 10.1 Å². The second-order valence-corrected chi connectivity index (χ2v) is 7.80. The Kier molecular flexibility index (Phi) is 6.83. The lowest BCUT2D eigenvalue weighted by molar-refractivity contribution is -0.385. The largest absolute Gasteiger partial charge is 0.507 e. The van der Waals surface area contributed by atoms with E-state index < -0.39 is 10.9 Å². The van der Waals surface area contributed by atoms with Crippen molar-refractivity contribution in [3.63, 3.8) is 0 Å². The number of esters is 1. The Bertz CT molecular complexity index is 1410. The maximum absolute atomic E-state index is 12.6. The highest BCUT2D eigenvalue weighted by atomic mass is 16.6. The van der Waals surface area contributed by atoms with E-state index in [-0.39, 0.29) is 40.2 Å². The number of nitrogens with zero attached hydrogens (tertiary/aromatic N) is 3. The summed E-state index contributed by atoms with van der Waals surface area (Å²) in [5, 5.41) is 25.8. The van der Waals surface area contributed by atoms with Crippen LogP contribution in [0.4, 0.5) is 11.5 Å². The van der Waals surface area contributed by atoms with E-state index in [1.165, 1.54) is 42.5 Å². The zero-order chi connectivity index (χ0) is 24.9. The molecule has 0 fully saturated rings. The highest BCUT2D eigenvalue weighted by molar-refractivity contribution is 5.95. The standard InChI is InChI=1S/C25H23N5O5/c1-2-15(26)14-27-23-17-7-3-5-9-20(17)28-24(29-23)19-13-16(11-12-22(19)31)35-25(32)18-8-4-6-10-21(18)30(33)34/h3-13,15,31H,2,14,26H2,1H3,(H,27,28,29)/t15-/m1/s1. The van der Waals surface area contributed by atoms with Crippen LogP contribution in [0.3, 0.4) is 0 Å². The number of nitrogens with two attached hydrogens (primary N) is 1. The summed E-state index contributed by atoms with van der Waals surface area (Å²) >= 11 is 0. The number of hydrogen-bond donors (Lipinski definition) is 3. The number of nitro groups is 1. The minimum Gasteiger partial charge on any atom is -0.507 e. The molecule has 1 heterocycles. The van der Waals surface area contributed by atoms with Crippen molar-refractivity contribution < 1.29 is 19.6 Å². The molecule has 4 N–H and O–H groups in total. The fourth-order valence-electron chi connectivity index (χ4n) is 3.43. The van der Waals surface area contributed by atoms with Crippen molar-refractivity contribution in [1.82, 2.24) is 9.97 Å². The van der Waals surface area contributed by atoms with E-state index in [1.807, 2.05) is 31.2 Å². The van der Waals surface area contributed by atoms with Gasteiger partial charge in [0.15, 0.2) is 5.82 Å². The average Bonchev–Trinajstić information content (AvgIpc) is 2.87. The van der Waals surface area contributed by atoms with Crippen LogP contribution in [0.25, 0.3) is 22.3 Å². The van der Waals surface area contributed by atoms with E-state index in [1.54, 1.807) is 0 Å². The Labute approximate surface area is 200 Å². The Morgan fingerprint density at radius 2 is 1.89 bits per heavy atom. The second-order valence-electron chi connectivity index (χ2n) is 7.80. The van der Waals surface area contributed by atoms with Crippen molar-refractivity contribution in [1.29, 1.82) is 0 Å². The lowest BCUT2D eigenvalue weighted by atomic mass is 10.1. The van der Waals surface area contributed by atoms with Gasteiger partial charge in [-0.15, -0.1) is 0 Å². The summed E-state index contributed by atoms with van der Waals surface area (Å²) in [4.78, 5) is 32.4. The van der Waals surface area contributed by atoms with E-state index >= 15 is 0 Å². The molecule has 0 radical (unpaired) electrons. The first-order valence-corrected chi connectivity index (χ1v) is 10.9.